The normalized spacial score (nSPS) is 23.2. The molecule has 2 saturated heterocycles. The number of nitrogens with two attached hydrogens (primary N) is 1. The summed E-state index contributed by atoms with van der Waals surface area (Å²) in [7, 11) is 5.27. The van der Waals surface area contributed by atoms with Crippen molar-refractivity contribution < 1.29 is 9.53 Å². The number of fused-ring (bicyclic) bond motifs is 1. The fourth-order valence-corrected chi connectivity index (χ4v) is 4.65. The highest BCUT2D eigenvalue weighted by atomic mass is 16.5. The molecule has 2 N–H and O–H groups in total. The van der Waals surface area contributed by atoms with Crippen LogP contribution < -0.4 is 15.4 Å². The highest BCUT2D eigenvalue weighted by Crippen LogP contribution is 2.46. The fourth-order valence-electron chi connectivity index (χ4n) is 4.65. The maximum atomic E-state index is 12.9. The molecule has 2 aromatic rings. The van der Waals surface area contributed by atoms with Crippen LogP contribution in [0.2, 0.25) is 0 Å². The SMILES string of the molecule is COc1ccc([C@H]2[C@@H]3CN(c4cc(C)nc(N)n4)C[C@@H]3CN2C(=O)N(C)C)cc1. The maximum Gasteiger partial charge on any atom is 0.320 e. The summed E-state index contributed by atoms with van der Waals surface area (Å²) in [5, 5.41) is 0. The van der Waals surface area contributed by atoms with Gasteiger partial charge in [0.15, 0.2) is 0 Å². The number of benzene rings is 1. The van der Waals surface area contributed by atoms with Gasteiger partial charge in [-0.05, 0) is 24.6 Å². The predicted octanol–water partition coefficient (Wildman–Crippen LogP) is 2.17. The van der Waals surface area contributed by atoms with Crippen LogP contribution in [0.5, 0.6) is 5.75 Å². The standard InChI is InChI=1S/C21H28N6O2/c1-13-9-18(24-20(22)23-13)26-10-15-11-27(21(28)25(2)3)19(17(15)12-26)14-5-7-16(29-4)8-6-14/h5-9,15,17,19H,10-12H2,1-4H3,(H2,22,23,24)/t15-,17-,19+/m1/s1. The summed E-state index contributed by atoms with van der Waals surface area (Å²) in [5.74, 6) is 2.68. The number of amides is 2. The van der Waals surface area contributed by atoms with E-state index in [0.717, 1.165) is 42.5 Å². The Balaban J connectivity index is 1.64. The van der Waals surface area contributed by atoms with Crippen LogP contribution in [0.15, 0.2) is 30.3 Å². The number of nitrogens with zero attached hydrogens (tertiary/aromatic N) is 5. The summed E-state index contributed by atoms with van der Waals surface area (Å²) in [6.45, 7) is 4.34. The van der Waals surface area contributed by atoms with E-state index in [1.165, 1.54) is 0 Å². The number of hydrogen-bond donors (Lipinski definition) is 1. The zero-order chi connectivity index (χ0) is 20.7. The molecule has 8 heteroatoms. The smallest absolute Gasteiger partial charge is 0.320 e. The van der Waals surface area contributed by atoms with Crippen molar-refractivity contribution in [1.82, 2.24) is 19.8 Å². The van der Waals surface area contributed by atoms with Crippen LogP contribution >= 0.6 is 0 Å². The van der Waals surface area contributed by atoms with Gasteiger partial charge in [-0.2, -0.15) is 4.98 Å². The molecule has 2 aliphatic rings. The lowest BCUT2D eigenvalue weighted by Crippen LogP contribution is -2.41. The van der Waals surface area contributed by atoms with Gasteiger partial charge in [-0.15, -0.1) is 0 Å². The van der Waals surface area contributed by atoms with Crippen LogP contribution in [0, 0.1) is 18.8 Å². The second-order valence-corrected chi connectivity index (χ2v) is 8.10. The number of carbonyl (C=O) groups excluding carboxylic acids is 1. The molecule has 0 saturated carbocycles. The third-order valence-electron chi connectivity index (χ3n) is 5.93. The lowest BCUT2D eigenvalue weighted by atomic mass is 9.89. The molecule has 0 aliphatic carbocycles. The highest BCUT2D eigenvalue weighted by molar-refractivity contribution is 5.75. The van der Waals surface area contributed by atoms with E-state index in [9.17, 15) is 4.79 Å². The first-order valence-electron chi connectivity index (χ1n) is 9.85. The van der Waals surface area contributed by atoms with Gasteiger partial charge in [-0.3, -0.25) is 0 Å². The number of ether oxygens (including phenoxy) is 1. The minimum atomic E-state index is 0.0195. The van der Waals surface area contributed by atoms with Gasteiger partial charge in [0, 0.05) is 57.3 Å². The molecule has 0 radical (unpaired) electrons. The van der Waals surface area contributed by atoms with E-state index in [4.69, 9.17) is 10.5 Å². The van der Waals surface area contributed by atoms with Gasteiger partial charge in [0.1, 0.15) is 11.6 Å². The van der Waals surface area contributed by atoms with Crippen molar-refractivity contribution in [3.8, 4) is 5.75 Å². The average molecular weight is 396 g/mol. The van der Waals surface area contributed by atoms with Gasteiger partial charge >= 0.3 is 6.03 Å². The van der Waals surface area contributed by atoms with E-state index >= 15 is 0 Å². The number of likely N-dealkylation sites (tertiary alicyclic amines) is 1. The van der Waals surface area contributed by atoms with Gasteiger partial charge in [-0.1, -0.05) is 12.1 Å². The quantitative estimate of drug-likeness (QED) is 0.856. The number of methoxy groups -OCH3 is 1. The molecule has 2 fully saturated rings. The Morgan fingerprint density at radius 2 is 1.90 bits per heavy atom. The summed E-state index contributed by atoms with van der Waals surface area (Å²) in [6, 6.07) is 10.1. The van der Waals surface area contributed by atoms with E-state index in [1.54, 1.807) is 26.1 Å². The fraction of sp³-hybridized carbons (Fsp3) is 0.476. The van der Waals surface area contributed by atoms with Gasteiger partial charge < -0.3 is 25.2 Å². The number of carbonyl (C=O) groups is 1. The maximum absolute atomic E-state index is 12.9. The predicted molar refractivity (Wildman–Crippen MR) is 112 cm³/mol. The first-order valence-corrected chi connectivity index (χ1v) is 9.85. The van der Waals surface area contributed by atoms with Crippen LogP contribution in [-0.4, -0.2) is 66.6 Å². The summed E-state index contributed by atoms with van der Waals surface area (Å²) in [5.41, 5.74) is 7.86. The molecule has 8 nitrogen and oxygen atoms in total. The summed E-state index contributed by atoms with van der Waals surface area (Å²) in [4.78, 5) is 27.5. The molecule has 1 aromatic carbocycles. The summed E-state index contributed by atoms with van der Waals surface area (Å²) < 4.78 is 5.31. The Morgan fingerprint density at radius 1 is 1.17 bits per heavy atom. The molecule has 3 atom stereocenters. The Bertz CT molecular complexity index is 880. The first-order chi connectivity index (χ1) is 13.9. The average Bonchev–Trinajstić information content (AvgIpc) is 3.24. The van der Waals surface area contributed by atoms with E-state index in [0.29, 0.717) is 17.8 Å². The minimum Gasteiger partial charge on any atom is -0.497 e. The number of hydrogen-bond acceptors (Lipinski definition) is 6. The zero-order valence-corrected chi connectivity index (χ0v) is 17.4. The van der Waals surface area contributed by atoms with Gasteiger partial charge in [0.05, 0.1) is 13.2 Å². The number of rotatable bonds is 3. The largest absolute Gasteiger partial charge is 0.497 e. The topological polar surface area (TPSA) is 87.8 Å². The number of nitrogen functional groups attached to an aromatic ring is 1. The van der Waals surface area contributed by atoms with Crippen molar-refractivity contribution in [1.29, 1.82) is 0 Å². The Kier molecular flexibility index (Phi) is 4.94. The lowest BCUT2D eigenvalue weighted by Gasteiger charge is -2.32. The Labute approximate surface area is 171 Å². The van der Waals surface area contributed by atoms with Crippen LogP contribution in [0.4, 0.5) is 16.6 Å². The third-order valence-corrected chi connectivity index (χ3v) is 5.93. The molecule has 0 spiro atoms. The van der Waals surface area contributed by atoms with E-state index < -0.39 is 0 Å². The molecule has 0 unspecified atom stereocenters. The molecule has 1 aromatic heterocycles. The van der Waals surface area contributed by atoms with Gasteiger partial charge in [0.25, 0.3) is 0 Å². The molecule has 154 valence electrons. The Hall–Kier alpha value is -3.03. The molecule has 4 rings (SSSR count). The van der Waals surface area contributed by atoms with E-state index in [1.807, 2.05) is 30.0 Å². The number of anilines is 2. The van der Waals surface area contributed by atoms with Crippen LogP contribution in [0.25, 0.3) is 0 Å². The molecule has 2 aliphatic heterocycles. The second-order valence-electron chi connectivity index (χ2n) is 8.10. The van der Waals surface area contributed by atoms with Crippen molar-refractivity contribution in [2.24, 2.45) is 11.8 Å². The number of aromatic nitrogens is 2. The molecule has 2 amide bonds. The van der Waals surface area contributed by atoms with Gasteiger partial charge in [0.2, 0.25) is 5.95 Å². The number of urea groups is 1. The van der Waals surface area contributed by atoms with Crippen molar-refractivity contribution in [2.75, 3.05) is 51.5 Å². The van der Waals surface area contributed by atoms with Crippen molar-refractivity contribution in [3.63, 3.8) is 0 Å². The van der Waals surface area contributed by atoms with Crippen LogP contribution in [0.3, 0.4) is 0 Å². The van der Waals surface area contributed by atoms with Gasteiger partial charge in [-0.25, -0.2) is 9.78 Å². The number of aryl methyl sites for hydroxylation is 1. The minimum absolute atomic E-state index is 0.0195. The molecule has 0 bridgehead atoms. The van der Waals surface area contributed by atoms with Crippen molar-refractivity contribution in [2.45, 2.75) is 13.0 Å². The van der Waals surface area contributed by atoms with Crippen molar-refractivity contribution in [3.05, 3.63) is 41.6 Å². The summed E-state index contributed by atoms with van der Waals surface area (Å²) >= 11 is 0. The second kappa shape index (κ2) is 7.42. The lowest BCUT2D eigenvalue weighted by molar-refractivity contribution is 0.159. The molecule has 29 heavy (non-hydrogen) atoms. The van der Waals surface area contributed by atoms with E-state index in [2.05, 4.69) is 27.0 Å². The molecular weight excluding hydrogens is 368 g/mol. The third kappa shape index (κ3) is 3.54. The molecular formula is C21H28N6O2. The van der Waals surface area contributed by atoms with Crippen LogP contribution in [-0.2, 0) is 0 Å². The highest BCUT2D eigenvalue weighted by Gasteiger charge is 2.49. The monoisotopic (exact) mass is 396 g/mol. The Morgan fingerprint density at radius 3 is 2.52 bits per heavy atom. The zero-order valence-electron chi connectivity index (χ0n) is 17.4. The van der Waals surface area contributed by atoms with Crippen LogP contribution in [0.1, 0.15) is 17.3 Å². The first kappa shape index (κ1) is 19.3. The molecule has 3 heterocycles. The summed E-state index contributed by atoms with van der Waals surface area (Å²) in [6.07, 6.45) is 0. The van der Waals surface area contributed by atoms with E-state index in [-0.39, 0.29) is 12.1 Å². The van der Waals surface area contributed by atoms with Crippen molar-refractivity contribution >= 4 is 17.8 Å².